The second-order valence-electron chi connectivity index (χ2n) is 6.80. The van der Waals surface area contributed by atoms with Crippen molar-refractivity contribution in [2.75, 3.05) is 13.6 Å². The maximum atomic E-state index is 12.3. The lowest BCUT2D eigenvalue weighted by atomic mass is 10.0. The van der Waals surface area contributed by atoms with E-state index >= 15 is 0 Å². The molecule has 1 heterocycles. The Morgan fingerprint density at radius 3 is 2.74 bits per heavy atom. The Bertz CT molecular complexity index is 550. The first-order valence-corrected chi connectivity index (χ1v) is 8.74. The van der Waals surface area contributed by atoms with Crippen molar-refractivity contribution in [2.45, 2.75) is 51.0 Å². The zero-order valence-electron chi connectivity index (χ0n) is 13.9. The van der Waals surface area contributed by atoms with E-state index in [1.54, 1.807) is 0 Å². The number of hydrogen-bond acceptors (Lipinski definition) is 3. The maximum absolute atomic E-state index is 12.3. The zero-order chi connectivity index (χ0) is 16.1. The summed E-state index contributed by atoms with van der Waals surface area (Å²) in [5, 5.41) is 4.19. The number of carbonyl (C=O) groups excluding carboxylic acids is 1. The van der Waals surface area contributed by atoms with Crippen LogP contribution in [-0.4, -0.2) is 36.2 Å². The third-order valence-corrected chi connectivity index (χ3v) is 4.98. The number of benzene rings is 1. The van der Waals surface area contributed by atoms with Crippen molar-refractivity contribution < 1.29 is 9.63 Å². The van der Waals surface area contributed by atoms with Gasteiger partial charge in [-0.25, -0.2) is 0 Å². The molecule has 124 valence electrons. The molecule has 1 unspecified atom stereocenters. The molecule has 23 heavy (non-hydrogen) atoms. The number of hydrogen-bond donors (Lipinski definition) is 0. The van der Waals surface area contributed by atoms with E-state index < -0.39 is 0 Å². The maximum Gasteiger partial charge on any atom is 0.222 e. The van der Waals surface area contributed by atoms with Crippen molar-refractivity contribution in [3.63, 3.8) is 0 Å². The fourth-order valence-electron chi connectivity index (χ4n) is 3.55. The first-order valence-electron chi connectivity index (χ1n) is 8.74. The highest BCUT2D eigenvalue weighted by Crippen LogP contribution is 2.28. The van der Waals surface area contributed by atoms with Gasteiger partial charge < -0.3 is 9.74 Å². The molecule has 4 nitrogen and oxygen atoms in total. The molecule has 1 fully saturated rings. The van der Waals surface area contributed by atoms with Crippen LogP contribution in [0, 0.1) is 5.92 Å². The molecular weight excluding hydrogens is 288 g/mol. The molecule has 1 aliphatic heterocycles. The van der Waals surface area contributed by atoms with E-state index in [1.807, 2.05) is 42.3 Å². The summed E-state index contributed by atoms with van der Waals surface area (Å²) in [4.78, 5) is 19.6. The van der Waals surface area contributed by atoms with Crippen LogP contribution in [0.15, 0.2) is 35.5 Å². The van der Waals surface area contributed by atoms with Crippen molar-refractivity contribution in [1.82, 2.24) is 4.90 Å². The summed E-state index contributed by atoms with van der Waals surface area (Å²) in [5.74, 6) is 0.997. The van der Waals surface area contributed by atoms with E-state index in [0.717, 1.165) is 30.0 Å². The van der Waals surface area contributed by atoms with E-state index in [0.29, 0.717) is 13.0 Å². The van der Waals surface area contributed by atoms with Crippen LogP contribution in [0.1, 0.15) is 50.5 Å². The lowest BCUT2D eigenvalue weighted by molar-refractivity contribution is -0.131. The minimum Gasteiger partial charge on any atom is -0.390 e. The van der Waals surface area contributed by atoms with Crippen LogP contribution in [0.3, 0.4) is 0 Å². The van der Waals surface area contributed by atoms with E-state index in [1.165, 1.54) is 25.7 Å². The second kappa shape index (κ2) is 7.62. The van der Waals surface area contributed by atoms with Gasteiger partial charge in [0.2, 0.25) is 5.91 Å². The molecule has 1 aromatic carbocycles. The van der Waals surface area contributed by atoms with Gasteiger partial charge in [0.25, 0.3) is 0 Å². The van der Waals surface area contributed by atoms with Gasteiger partial charge in [-0.2, -0.15) is 0 Å². The standard InChI is InChI=1S/C19H26N2O2/c1-21(19(22)12-11-15-7-5-6-8-15)14-17-13-18(20-23-17)16-9-3-2-4-10-16/h2-4,9-10,15,17H,5-8,11-14H2,1H3. The van der Waals surface area contributed by atoms with Crippen molar-refractivity contribution in [3.8, 4) is 0 Å². The van der Waals surface area contributed by atoms with Crippen LogP contribution in [0.5, 0.6) is 0 Å². The van der Waals surface area contributed by atoms with Crippen LogP contribution < -0.4 is 0 Å². The Morgan fingerprint density at radius 2 is 2.00 bits per heavy atom. The average Bonchev–Trinajstić information content (AvgIpc) is 3.25. The van der Waals surface area contributed by atoms with E-state index in [2.05, 4.69) is 5.16 Å². The first-order chi connectivity index (χ1) is 11.2. The third kappa shape index (κ3) is 4.34. The predicted molar refractivity (Wildman–Crippen MR) is 91.3 cm³/mol. The minimum atomic E-state index is -0.0226. The van der Waals surface area contributed by atoms with Crippen molar-refractivity contribution in [3.05, 3.63) is 35.9 Å². The predicted octanol–water partition coefficient (Wildman–Crippen LogP) is 3.61. The van der Waals surface area contributed by atoms with Gasteiger partial charge in [0.05, 0.1) is 12.3 Å². The summed E-state index contributed by atoms with van der Waals surface area (Å²) >= 11 is 0. The molecule has 2 aliphatic rings. The van der Waals surface area contributed by atoms with Crippen LogP contribution in [-0.2, 0) is 9.63 Å². The molecule has 0 radical (unpaired) electrons. The Hall–Kier alpha value is -1.84. The number of likely N-dealkylation sites (N-methyl/N-ethyl adjacent to an activating group) is 1. The van der Waals surface area contributed by atoms with Gasteiger partial charge in [-0.05, 0) is 17.9 Å². The lowest BCUT2D eigenvalue weighted by Gasteiger charge is -2.20. The Labute approximate surface area is 138 Å². The Kier molecular flexibility index (Phi) is 5.31. The summed E-state index contributed by atoms with van der Waals surface area (Å²) in [6.45, 7) is 0.614. The summed E-state index contributed by atoms with van der Waals surface area (Å²) in [7, 11) is 1.88. The molecule has 0 N–H and O–H groups in total. The smallest absolute Gasteiger partial charge is 0.222 e. The molecule has 1 atom stereocenters. The quantitative estimate of drug-likeness (QED) is 0.805. The highest BCUT2D eigenvalue weighted by molar-refractivity contribution is 6.01. The Balaban J connectivity index is 1.42. The zero-order valence-corrected chi connectivity index (χ0v) is 13.9. The summed E-state index contributed by atoms with van der Waals surface area (Å²) in [6, 6.07) is 10.1. The Morgan fingerprint density at radius 1 is 1.26 bits per heavy atom. The van der Waals surface area contributed by atoms with Gasteiger partial charge >= 0.3 is 0 Å². The molecule has 0 spiro atoms. The topological polar surface area (TPSA) is 41.9 Å². The molecule has 0 aromatic heterocycles. The van der Waals surface area contributed by atoms with Gasteiger partial charge in [-0.1, -0.05) is 61.2 Å². The monoisotopic (exact) mass is 314 g/mol. The van der Waals surface area contributed by atoms with Crippen LogP contribution >= 0.6 is 0 Å². The SMILES string of the molecule is CN(CC1CC(c2ccccc2)=NO1)C(=O)CCC1CCCC1. The van der Waals surface area contributed by atoms with Crippen LogP contribution in [0.25, 0.3) is 0 Å². The molecule has 4 heteroatoms. The highest BCUT2D eigenvalue weighted by atomic mass is 16.6. The number of rotatable bonds is 6. The van der Waals surface area contributed by atoms with Crippen molar-refractivity contribution in [2.24, 2.45) is 11.1 Å². The second-order valence-corrected chi connectivity index (χ2v) is 6.80. The first kappa shape index (κ1) is 16.0. The third-order valence-electron chi connectivity index (χ3n) is 4.98. The fourth-order valence-corrected chi connectivity index (χ4v) is 3.55. The minimum absolute atomic E-state index is 0.0226. The number of nitrogens with zero attached hydrogens (tertiary/aromatic N) is 2. The molecule has 1 aromatic rings. The normalized spacial score (nSPS) is 21.1. The molecule has 0 saturated heterocycles. The molecule has 1 amide bonds. The summed E-state index contributed by atoms with van der Waals surface area (Å²) < 4.78 is 0. The van der Waals surface area contributed by atoms with Gasteiger partial charge in [0.15, 0.2) is 6.10 Å². The van der Waals surface area contributed by atoms with E-state index in [4.69, 9.17) is 4.84 Å². The average molecular weight is 314 g/mol. The number of amides is 1. The highest BCUT2D eigenvalue weighted by Gasteiger charge is 2.25. The van der Waals surface area contributed by atoms with Crippen LogP contribution in [0.4, 0.5) is 0 Å². The molecule has 1 aliphatic carbocycles. The molecule has 1 saturated carbocycles. The summed E-state index contributed by atoms with van der Waals surface area (Å²) in [5.41, 5.74) is 2.08. The molecule has 0 bridgehead atoms. The van der Waals surface area contributed by atoms with Gasteiger partial charge in [0, 0.05) is 19.9 Å². The number of oxime groups is 1. The van der Waals surface area contributed by atoms with E-state index in [-0.39, 0.29) is 12.0 Å². The number of carbonyl (C=O) groups is 1. The lowest BCUT2D eigenvalue weighted by Crippen LogP contribution is -2.34. The van der Waals surface area contributed by atoms with Crippen LogP contribution in [0.2, 0.25) is 0 Å². The van der Waals surface area contributed by atoms with Gasteiger partial charge in [-0.3, -0.25) is 4.79 Å². The molecule has 3 rings (SSSR count). The molecular formula is C19H26N2O2. The summed E-state index contributed by atoms with van der Waals surface area (Å²) in [6.07, 6.45) is 7.73. The van der Waals surface area contributed by atoms with Crippen molar-refractivity contribution >= 4 is 11.6 Å². The fraction of sp³-hybridized carbons (Fsp3) is 0.579. The van der Waals surface area contributed by atoms with E-state index in [9.17, 15) is 4.79 Å². The van der Waals surface area contributed by atoms with Crippen molar-refractivity contribution in [1.29, 1.82) is 0 Å². The largest absolute Gasteiger partial charge is 0.390 e. The van der Waals surface area contributed by atoms with Gasteiger partial charge in [-0.15, -0.1) is 0 Å². The van der Waals surface area contributed by atoms with Gasteiger partial charge in [0.1, 0.15) is 0 Å².